The molecule has 20 heavy (non-hydrogen) atoms. The van der Waals surface area contributed by atoms with E-state index in [2.05, 4.69) is 18.7 Å². The second-order valence-electron chi connectivity index (χ2n) is 5.81. The summed E-state index contributed by atoms with van der Waals surface area (Å²) in [6.07, 6.45) is 1.09. The van der Waals surface area contributed by atoms with Crippen molar-refractivity contribution in [2.75, 3.05) is 31.3 Å². The Morgan fingerprint density at radius 2 is 1.95 bits per heavy atom. The van der Waals surface area contributed by atoms with E-state index >= 15 is 0 Å². The van der Waals surface area contributed by atoms with Crippen LogP contribution in [0, 0.1) is 11.8 Å². The summed E-state index contributed by atoms with van der Waals surface area (Å²) >= 11 is 1.43. The first-order valence-corrected chi connectivity index (χ1v) is 7.82. The molecule has 0 amide bonds. The van der Waals surface area contributed by atoms with Crippen molar-refractivity contribution in [2.45, 2.75) is 34.1 Å². The van der Waals surface area contributed by atoms with Crippen LogP contribution < -0.4 is 15.4 Å². The van der Waals surface area contributed by atoms with Crippen molar-refractivity contribution in [3.05, 3.63) is 4.88 Å². The molecule has 2 N–H and O–H groups in total. The Labute approximate surface area is 125 Å². The summed E-state index contributed by atoms with van der Waals surface area (Å²) in [7, 11) is 3.61. The highest BCUT2D eigenvalue weighted by molar-refractivity contribution is 7.19. The molecule has 0 atom stereocenters. The molecule has 5 heteroatoms. The van der Waals surface area contributed by atoms with Gasteiger partial charge in [0.1, 0.15) is 5.00 Å². The predicted octanol–water partition coefficient (Wildman–Crippen LogP) is 3.66. The first-order chi connectivity index (χ1) is 9.29. The molecule has 4 nitrogen and oxygen atoms in total. The van der Waals surface area contributed by atoms with Crippen molar-refractivity contribution in [3.63, 3.8) is 0 Å². The Hall–Kier alpha value is -1.23. The molecule has 114 valence electrons. The number of carbonyl (C=O) groups excluding carboxylic acids is 1. The molecule has 0 radical (unpaired) electrons. The van der Waals surface area contributed by atoms with Crippen LogP contribution in [-0.2, 0) is 0 Å². The predicted molar refractivity (Wildman–Crippen MR) is 87.2 cm³/mol. The number of nitrogens with zero attached hydrogens (tertiary/aromatic N) is 1. The molecule has 1 rings (SSSR count). The number of methoxy groups -OCH3 is 1. The number of anilines is 2. The minimum atomic E-state index is -0.0607. The largest absolute Gasteiger partial charge is 0.492 e. The highest BCUT2D eigenvalue weighted by Crippen LogP contribution is 2.45. The third-order valence-corrected chi connectivity index (χ3v) is 4.54. The maximum absolute atomic E-state index is 12.2. The quantitative estimate of drug-likeness (QED) is 0.781. The van der Waals surface area contributed by atoms with Crippen LogP contribution in [0.2, 0.25) is 0 Å². The van der Waals surface area contributed by atoms with Gasteiger partial charge in [-0.1, -0.05) is 27.7 Å². The van der Waals surface area contributed by atoms with Gasteiger partial charge in [-0.2, -0.15) is 0 Å². The standard InChI is InChI=1S/C15H26N2O2S/c1-9(2)7-8-17(5)15-13(19-6)11(16)14(20-15)12(18)10(3)4/h9-10H,7-8,16H2,1-6H3. The van der Waals surface area contributed by atoms with Gasteiger partial charge in [-0.15, -0.1) is 11.3 Å². The normalized spacial score (nSPS) is 11.2. The van der Waals surface area contributed by atoms with Gasteiger partial charge in [-0.3, -0.25) is 4.79 Å². The van der Waals surface area contributed by atoms with Crippen molar-refractivity contribution in [2.24, 2.45) is 11.8 Å². The number of ether oxygens (including phenoxy) is 1. The summed E-state index contributed by atoms with van der Waals surface area (Å²) in [5.41, 5.74) is 6.56. The zero-order valence-corrected chi connectivity index (χ0v) is 14.1. The Bertz CT molecular complexity index is 467. The summed E-state index contributed by atoms with van der Waals surface area (Å²) in [5, 5.41) is 0.939. The molecule has 0 saturated heterocycles. The highest BCUT2D eigenvalue weighted by Gasteiger charge is 2.25. The average molecular weight is 298 g/mol. The van der Waals surface area contributed by atoms with Gasteiger partial charge in [0, 0.05) is 19.5 Å². The second kappa shape index (κ2) is 6.97. The third kappa shape index (κ3) is 3.66. The Morgan fingerprint density at radius 3 is 2.40 bits per heavy atom. The van der Waals surface area contributed by atoms with Crippen LogP contribution in [0.15, 0.2) is 0 Å². The Morgan fingerprint density at radius 1 is 1.35 bits per heavy atom. The Balaban J connectivity index is 3.07. The van der Waals surface area contributed by atoms with Crippen LogP contribution in [0.25, 0.3) is 0 Å². The number of hydrogen-bond donors (Lipinski definition) is 1. The third-order valence-electron chi connectivity index (χ3n) is 3.22. The van der Waals surface area contributed by atoms with E-state index in [4.69, 9.17) is 10.5 Å². The SMILES string of the molecule is COc1c(N(C)CCC(C)C)sc(C(=O)C(C)C)c1N. The van der Waals surface area contributed by atoms with Crippen molar-refractivity contribution in [3.8, 4) is 5.75 Å². The van der Waals surface area contributed by atoms with E-state index in [1.165, 1.54) is 11.3 Å². The van der Waals surface area contributed by atoms with Gasteiger partial charge in [0.15, 0.2) is 11.5 Å². The minimum absolute atomic E-state index is 0.0607. The fraction of sp³-hybridized carbons (Fsp3) is 0.667. The molecule has 1 aromatic heterocycles. The van der Waals surface area contributed by atoms with Crippen molar-refractivity contribution >= 4 is 27.8 Å². The molecule has 0 aromatic carbocycles. The molecule has 0 spiro atoms. The molecule has 0 saturated carbocycles. The van der Waals surface area contributed by atoms with E-state index in [1.807, 2.05) is 20.9 Å². The second-order valence-corrected chi connectivity index (χ2v) is 6.81. The van der Waals surface area contributed by atoms with Crippen LogP contribution in [0.3, 0.4) is 0 Å². The lowest BCUT2D eigenvalue weighted by Crippen LogP contribution is -2.19. The molecule has 0 aliphatic carbocycles. The van der Waals surface area contributed by atoms with Crippen LogP contribution in [0.5, 0.6) is 5.75 Å². The lowest BCUT2D eigenvalue weighted by atomic mass is 10.1. The van der Waals surface area contributed by atoms with Gasteiger partial charge < -0.3 is 15.4 Å². The van der Waals surface area contributed by atoms with E-state index in [1.54, 1.807) is 7.11 Å². The van der Waals surface area contributed by atoms with Gasteiger partial charge in [0.2, 0.25) is 0 Å². The number of ketones is 1. The van der Waals surface area contributed by atoms with Crippen LogP contribution >= 0.6 is 11.3 Å². The number of carbonyl (C=O) groups is 1. The zero-order chi connectivity index (χ0) is 15.4. The highest BCUT2D eigenvalue weighted by atomic mass is 32.1. The molecule has 0 aliphatic rings. The molecule has 0 fully saturated rings. The minimum Gasteiger partial charge on any atom is -0.492 e. The number of thiophene rings is 1. The fourth-order valence-corrected chi connectivity index (χ4v) is 3.13. The van der Waals surface area contributed by atoms with Crippen molar-refractivity contribution in [1.82, 2.24) is 0 Å². The molecule has 1 aromatic rings. The number of nitrogens with two attached hydrogens (primary N) is 1. The number of hydrogen-bond acceptors (Lipinski definition) is 5. The van der Waals surface area contributed by atoms with E-state index in [9.17, 15) is 4.79 Å². The molecule has 1 heterocycles. The first kappa shape index (κ1) is 16.8. The average Bonchev–Trinajstić information content (AvgIpc) is 2.71. The number of nitrogen functional groups attached to an aromatic ring is 1. The zero-order valence-electron chi connectivity index (χ0n) is 13.3. The monoisotopic (exact) mass is 298 g/mol. The van der Waals surface area contributed by atoms with Gasteiger partial charge in [0.05, 0.1) is 17.7 Å². The summed E-state index contributed by atoms with van der Waals surface area (Å²) < 4.78 is 5.41. The number of rotatable bonds is 7. The van der Waals surface area contributed by atoms with Crippen molar-refractivity contribution in [1.29, 1.82) is 0 Å². The maximum atomic E-state index is 12.2. The van der Waals surface area contributed by atoms with E-state index in [-0.39, 0.29) is 11.7 Å². The Kier molecular flexibility index (Phi) is 5.87. The molecular formula is C15H26N2O2S. The van der Waals surface area contributed by atoms with Gasteiger partial charge in [0.25, 0.3) is 0 Å². The molecule has 0 bridgehead atoms. The molecule has 0 unspecified atom stereocenters. The summed E-state index contributed by atoms with van der Waals surface area (Å²) in [6, 6.07) is 0. The van der Waals surface area contributed by atoms with Crippen LogP contribution in [0.1, 0.15) is 43.8 Å². The molecule has 0 aliphatic heterocycles. The van der Waals surface area contributed by atoms with Gasteiger partial charge in [-0.25, -0.2) is 0 Å². The topological polar surface area (TPSA) is 55.6 Å². The number of Topliss-reactive ketones (excluding diaryl/α,β-unsaturated/α-hetero) is 1. The summed E-state index contributed by atoms with van der Waals surface area (Å²) in [6.45, 7) is 9.08. The summed E-state index contributed by atoms with van der Waals surface area (Å²) in [4.78, 5) is 14.9. The smallest absolute Gasteiger partial charge is 0.177 e. The van der Waals surface area contributed by atoms with Crippen LogP contribution in [-0.4, -0.2) is 26.5 Å². The molecular weight excluding hydrogens is 272 g/mol. The van der Waals surface area contributed by atoms with Crippen LogP contribution in [0.4, 0.5) is 10.7 Å². The lowest BCUT2D eigenvalue weighted by molar-refractivity contribution is 0.0944. The summed E-state index contributed by atoms with van der Waals surface area (Å²) in [5.74, 6) is 1.28. The van der Waals surface area contributed by atoms with Gasteiger partial charge >= 0.3 is 0 Å². The maximum Gasteiger partial charge on any atom is 0.177 e. The first-order valence-electron chi connectivity index (χ1n) is 7.01. The van der Waals surface area contributed by atoms with E-state index in [0.29, 0.717) is 22.2 Å². The van der Waals surface area contributed by atoms with E-state index in [0.717, 1.165) is 18.0 Å². The lowest BCUT2D eigenvalue weighted by Gasteiger charge is -2.19. The van der Waals surface area contributed by atoms with E-state index < -0.39 is 0 Å². The fourth-order valence-electron chi connectivity index (χ4n) is 1.86. The van der Waals surface area contributed by atoms with Crippen molar-refractivity contribution < 1.29 is 9.53 Å². The van der Waals surface area contributed by atoms with Gasteiger partial charge in [-0.05, 0) is 12.3 Å².